The normalized spacial score (nSPS) is 24.9. The first-order valence-corrected chi connectivity index (χ1v) is 7.02. The molecule has 2 saturated heterocycles. The Morgan fingerprint density at radius 1 is 1.33 bits per heavy atom. The number of carbonyl (C=O) groups excluding carboxylic acids is 1. The number of methoxy groups -OCH3 is 1. The number of hydrogen-bond acceptors (Lipinski definition) is 4. The van der Waals surface area contributed by atoms with Crippen molar-refractivity contribution in [3.05, 3.63) is 0 Å². The Morgan fingerprint density at radius 3 is 3.00 bits per heavy atom. The van der Waals surface area contributed by atoms with Crippen molar-refractivity contribution in [3.63, 3.8) is 0 Å². The third-order valence-electron chi connectivity index (χ3n) is 3.92. The molecule has 2 rings (SSSR count). The quantitative estimate of drug-likeness (QED) is 0.698. The Balaban J connectivity index is 1.75. The summed E-state index contributed by atoms with van der Waals surface area (Å²) in [6.45, 7) is 6.05. The second-order valence-corrected chi connectivity index (χ2v) is 5.19. The molecule has 2 aliphatic rings. The largest absolute Gasteiger partial charge is 0.383 e. The molecule has 1 N–H and O–H groups in total. The fourth-order valence-electron chi connectivity index (χ4n) is 2.91. The van der Waals surface area contributed by atoms with E-state index < -0.39 is 0 Å². The maximum absolute atomic E-state index is 12.1. The Labute approximate surface area is 109 Å². The number of rotatable bonds is 5. The third-order valence-corrected chi connectivity index (χ3v) is 3.92. The smallest absolute Gasteiger partial charge is 0.236 e. The molecular formula is C13H25N3O2. The SMILES string of the molecule is COCCNCC(=O)N1CCCN2CCCC2C1. The molecule has 18 heavy (non-hydrogen) atoms. The van der Waals surface area contributed by atoms with E-state index in [0.717, 1.165) is 32.6 Å². The van der Waals surface area contributed by atoms with E-state index in [2.05, 4.69) is 10.2 Å². The van der Waals surface area contributed by atoms with E-state index in [1.807, 2.05) is 4.90 Å². The van der Waals surface area contributed by atoms with Crippen LogP contribution in [0.15, 0.2) is 0 Å². The lowest BCUT2D eigenvalue weighted by atomic mass is 10.2. The van der Waals surface area contributed by atoms with Crippen molar-refractivity contribution < 1.29 is 9.53 Å². The monoisotopic (exact) mass is 255 g/mol. The second-order valence-electron chi connectivity index (χ2n) is 5.19. The molecule has 104 valence electrons. The molecule has 2 aliphatic heterocycles. The van der Waals surface area contributed by atoms with E-state index in [1.54, 1.807) is 7.11 Å². The van der Waals surface area contributed by atoms with Gasteiger partial charge in [0, 0.05) is 39.3 Å². The molecule has 1 amide bonds. The van der Waals surface area contributed by atoms with Gasteiger partial charge in [-0.2, -0.15) is 0 Å². The summed E-state index contributed by atoms with van der Waals surface area (Å²) in [6.07, 6.45) is 3.65. The van der Waals surface area contributed by atoms with Crippen LogP contribution in [0, 0.1) is 0 Å². The van der Waals surface area contributed by atoms with E-state index in [-0.39, 0.29) is 5.91 Å². The maximum Gasteiger partial charge on any atom is 0.236 e. The molecule has 1 unspecified atom stereocenters. The van der Waals surface area contributed by atoms with E-state index in [9.17, 15) is 4.79 Å². The lowest BCUT2D eigenvalue weighted by Crippen LogP contribution is -2.43. The van der Waals surface area contributed by atoms with Gasteiger partial charge in [0.05, 0.1) is 13.2 Å². The van der Waals surface area contributed by atoms with Gasteiger partial charge in [-0.3, -0.25) is 9.69 Å². The van der Waals surface area contributed by atoms with Gasteiger partial charge < -0.3 is 15.0 Å². The standard InChI is InChI=1S/C13H25N3O2/c1-18-9-5-14-10-13(17)16-8-3-7-15-6-2-4-12(15)11-16/h12,14H,2-11H2,1H3. The van der Waals surface area contributed by atoms with Crippen molar-refractivity contribution in [3.8, 4) is 0 Å². The van der Waals surface area contributed by atoms with Crippen LogP contribution >= 0.6 is 0 Å². The average Bonchev–Trinajstić information content (AvgIpc) is 2.71. The maximum atomic E-state index is 12.1. The molecule has 2 heterocycles. The van der Waals surface area contributed by atoms with Gasteiger partial charge in [-0.15, -0.1) is 0 Å². The zero-order valence-electron chi connectivity index (χ0n) is 11.4. The number of nitrogens with zero attached hydrogens (tertiary/aromatic N) is 2. The van der Waals surface area contributed by atoms with Crippen molar-refractivity contribution >= 4 is 5.91 Å². The molecule has 0 spiro atoms. The topological polar surface area (TPSA) is 44.8 Å². The first kappa shape index (κ1) is 13.8. The van der Waals surface area contributed by atoms with Crippen LogP contribution in [0.5, 0.6) is 0 Å². The Bertz CT molecular complexity index is 273. The molecule has 5 heteroatoms. The third kappa shape index (κ3) is 3.67. The number of fused-ring (bicyclic) bond motifs is 1. The van der Waals surface area contributed by atoms with Crippen molar-refractivity contribution in [2.45, 2.75) is 25.3 Å². The molecule has 1 atom stereocenters. The van der Waals surface area contributed by atoms with Gasteiger partial charge in [-0.25, -0.2) is 0 Å². The lowest BCUT2D eigenvalue weighted by Gasteiger charge is -2.25. The van der Waals surface area contributed by atoms with Gasteiger partial charge in [-0.1, -0.05) is 0 Å². The molecule has 0 bridgehead atoms. The zero-order valence-corrected chi connectivity index (χ0v) is 11.4. The summed E-state index contributed by atoms with van der Waals surface area (Å²) in [4.78, 5) is 16.7. The minimum atomic E-state index is 0.236. The van der Waals surface area contributed by atoms with E-state index in [1.165, 1.54) is 19.4 Å². The fourth-order valence-corrected chi connectivity index (χ4v) is 2.91. The Kier molecular flexibility index (Phi) is 5.41. The summed E-state index contributed by atoms with van der Waals surface area (Å²) in [5, 5.41) is 3.13. The Morgan fingerprint density at radius 2 is 2.17 bits per heavy atom. The van der Waals surface area contributed by atoms with Gasteiger partial charge in [0.1, 0.15) is 0 Å². The van der Waals surface area contributed by atoms with Crippen LogP contribution in [0.4, 0.5) is 0 Å². The van der Waals surface area contributed by atoms with Crippen LogP contribution in [0.2, 0.25) is 0 Å². The zero-order chi connectivity index (χ0) is 12.8. The van der Waals surface area contributed by atoms with Crippen LogP contribution in [0.25, 0.3) is 0 Å². The van der Waals surface area contributed by atoms with Crippen molar-refractivity contribution in [1.82, 2.24) is 15.1 Å². The molecule has 0 saturated carbocycles. The number of amides is 1. The highest BCUT2D eigenvalue weighted by Gasteiger charge is 2.30. The first-order valence-electron chi connectivity index (χ1n) is 7.02. The van der Waals surface area contributed by atoms with Crippen molar-refractivity contribution in [2.75, 3.05) is 53.0 Å². The molecule has 0 aromatic heterocycles. The summed E-state index contributed by atoms with van der Waals surface area (Å²) in [7, 11) is 1.67. The van der Waals surface area contributed by atoms with Crippen molar-refractivity contribution in [1.29, 1.82) is 0 Å². The molecule has 2 fully saturated rings. The summed E-state index contributed by atoms with van der Waals surface area (Å²) in [5.41, 5.74) is 0. The molecule has 0 aromatic carbocycles. The van der Waals surface area contributed by atoms with Crippen LogP contribution < -0.4 is 5.32 Å². The van der Waals surface area contributed by atoms with Gasteiger partial charge in [0.2, 0.25) is 5.91 Å². The minimum absolute atomic E-state index is 0.236. The lowest BCUT2D eigenvalue weighted by molar-refractivity contribution is -0.130. The highest BCUT2D eigenvalue weighted by molar-refractivity contribution is 5.78. The average molecular weight is 255 g/mol. The number of carbonyl (C=O) groups is 1. The van der Waals surface area contributed by atoms with Gasteiger partial charge in [0.25, 0.3) is 0 Å². The predicted octanol–water partition coefficient (Wildman–Crippen LogP) is -0.0809. The molecule has 5 nitrogen and oxygen atoms in total. The summed E-state index contributed by atoms with van der Waals surface area (Å²) in [6, 6.07) is 0.607. The highest BCUT2D eigenvalue weighted by atomic mass is 16.5. The Hall–Kier alpha value is -0.650. The molecular weight excluding hydrogens is 230 g/mol. The first-order chi connectivity index (χ1) is 8.81. The summed E-state index contributed by atoms with van der Waals surface area (Å²) >= 11 is 0. The van der Waals surface area contributed by atoms with Crippen LogP contribution in [0.1, 0.15) is 19.3 Å². The number of ether oxygens (including phenoxy) is 1. The van der Waals surface area contributed by atoms with Crippen LogP contribution in [-0.4, -0.2) is 74.7 Å². The second kappa shape index (κ2) is 7.07. The summed E-state index contributed by atoms with van der Waals surface area (Å²) < 4.78 is 4.95. The van der Waals surface area contributed by atoms with E-state index >= 15 is 0 Å². The summed E-state index contributed by atoms with van der Waals surface area (Å²) in [5.74, 6) is 0.236. The number of hydrogen-bond donors (Lipinski definition) is 1. The molecule has 0 aliphatic carbocycles. The highest BCUT2D eigenvalue weighted by Crippen LogP contribution is 2.21. The number of nitrogens with one attached hydrogen (secondary N) is 1. The van der Waals surface area contributed by atoms with Crippen molar-refractivity contribution in [2.24, 2.45) is 0 Å². The van der Waals surface area contributed by atoms with Crippen LogP contribution in [-0.2, 0) is 9.53 Å². The fraction of sp³-hybridized carbons (Fsp3) is 0.923. The van der Waals surface area contributed by atoms with Gasteiger partial charge in [-0.05, 0) is 25.8 Å². The molecule has 0 radical (unpaired) electrons. The predicted molar refractivity (Wildman–Crippen MR) is 70.5 cm³/mol. The minimum Gasteiger partial charge on any atom is -0.383 e. The van der Waals surface area contributed by atoms with E-state index in [0.29, 0.717) is 19.2 Å². The van der Waals surface area contributed by atoms with Gasteiger partial charge >= 0.3 is 0 Å². The van der Waals surface area contributed by atoms with Crippen LogP contribution in [0.3, 0.4) is 0 Å². The van der Waals surface area contributed by atoms with Gasteiger partial charge in [0.15, 0.2) is 0 Å². The van der Waals surface area contributed by atoms with E-state index in [4.69, 9.17) is 4.74 Å². The molecule has 0 aromatic rings.